The minimum Gasteiger partial charge on any atom is -0.265 e. The highest BCUT2D eigenvalue weighted by atomic mass is 14.6. The fourth-order valence-corrected chi connectivity index (χ4v) is 6.53. The fraction of sp³-hybridized carbons (Fsp3) is 0.0238. The molecule has 1 heteroatoms. The number of rotatable bonds is 4. The summed E-state index contributed by atoms with van der Waals surface area (Å²) in [6.07, 6.45) is 3.68. The maximum absolute atomic E-state index is 4.14. The van der Waals surface area contributed by atoms with Gasteiger partial charge in [0.25, 0.3) is 0 Å². The van der Waals surface area contributed by atoms with Crippen LogP contribution in [0.4, 0.5) is 0 Å². The lowest BCUT2D eigenvalue weighted by Crippen LogP contribution is -1.91. The van der Waals surface area contributed by atoms with Crippen LogP contribution in [0.3, 0.4) is 0 Å². The number of hydrogen-bond acceptors (Lipinski definition) is 1. The first kappa shape index (κ1) is 25.2. The molecule has 7 aromatic carbocycles. The summed E-state index contributed by atoms with van der Waals surface area (Å²) in [6.45, 7) is 2.17. The minimum absolute atomic E-state index is 1.18. The van der Waals surface area contributed by atoms with Crippen LogP contribution in [0.1, 0.15) is 5.56 Å². The highest BCUT2D eigenvalue weighted by Gasteiger charge is 2.16. The Morgan fingerprint density at radius 3 is 1.35 bits per heavy atom. The molecule has 43 heavy (non-hydrogen) atoms. The van der Waals surface area contributed by atoms with Crippen molar-refractivity contribution in [3.05, 3.63) is 164 Å². The molecule has 202 valence electrons. The van der Waals surface area contributed by atoms with Crippen LogP contribution >= 0.6 is 0 Å². The summed E-state index contributed by atoms with van der Waals surface area (Å²) >= 11 is 0. The molecule has 0 radical (unpaired) electrons. The van der Waals surface area contributed by atoms with Crippen molar-refractivity contribution in [1.82, 2.24) is 4.98 Å². The zero-order valence-corrected chi connectivity index (χ0v) is 24.0. The molecule has 0 aliphatic heterocycles. The average Bonchev–Trinajstić information content (AvgIpc) is 3.07. The smallest absolute Gasteiger partial charge is 0.0273 e. The van der Waals surface area contributed by atoms with E-state index >= 15 is 0 Å². The van der Waals surface area contributed by atoms with Crippen molar-refractivity contribution in [3.63, 3.8) is 0 Å². The molecule has 0 saturated carbocycles. The van der Waals surface area contributed by atoms with Crippen molar-refractivity contribution in [2.24, 2.45) is 0 Å². The highest BCUT2D eigenvalue weighted by molar-refractivity contribution is 6.21. The zero-order chi connectivity index (χ0) is 28.8. The van der Waals surface area contributed by atoms with Gasteiger partial charge in [-0.2, -0.15) is 0 Å². The van der Waals surface area contributed by atoms with Gasteiger partial charge in [0.1, 0.15) is 0 Å². The number of aryl methyl sites for hydroxylation is 1. The van der Waals surface area contributed by atoms with Crippen LogP contribution in [0.15, 0.2) is 158 Å². The fourth-order valence-electron chi connectivity index (χ4n) is 6.53. The first-order valence-corrected chi connectivity index (χ1v) is 14.8. The molecule has 0 N–H and O–H groups in total. The lowest BCUT2D eigenvalue weighted by atomic mass is 9.85. The number of nitrogens with zero attached hydrogens (tertiary/aromatic N) is 1. The molecule has 0 aliphatic rings. The van der Waals surface area contributed by atoms with Gasteiger partial charge in [-0.1, -0.05) is 127 Å². The third-order valence-corrected chi connectivity index (χ3v) is 8.60. The second kappa shape index (κ2) is 10.4. The van der Waals surface area contributed by atoms with Crippen LogP contribution in [0.25, 0.3) is 76.8 Å². The van der Waals surface area contributed by atoms with E-state index in [-0.39, 0.29) is 0 Å². The maximum atomic E-state index is 4.14. The van der Waals surface area contributed by atoms with Crippen LogP contribution in [0.5, 0.6) is 0 Å². The summed E-state index contributed by atoms with van der Waals surface area (Å²) in [5, 5.41) is 7.61. The van der Waals surface area contributed by atoms with E-state index in [1.807, 2.05) is 24.5 Å². The molecule has 8 aromatic rings. The van der Waals surface area contributed by atoms with Crippen molar-refractivity contribution in [1.29, 1.82) is 0 Å². The van der Waals surface area contributed by atoms with Gasteiger partial charge in [0.15, 0.2) is 0 Å². The first-order chi connectivity index (χ1) is 21.2. The molecular weight excluding hydrogens is 518 g/mol. The molecule has 0 atom stereocenters. The zero-order valence-electron chi connectivity index (χ0n) is 24.0. The van der Waals surface area contributed by atoms with Gasteiger partial charge in [-0.05, 0) is 108 Å². The third kappa shape index (κ3) is 4.47. The van der Waals surface area contributed by atoms with E-state index in [0.29, 0.717) is 0 Å². The molecule has 0 aliphatic carbocycles. The molecule has 0 spiro atoms. The van der Waals surface area contributed by atoms with Gasteiger partial charge >= 0.3 is 0 Å². The van der Waals surface area contributed by atoms with Gasteiger partial charge in [0.05, 0.1) is 0 Å². The molecule has 8 rings (SSSR count). The summed E-state index contributed by atoms with van der Waals surface area (Å²) in [4.78, 5) is 4.14. The van der Waals surface area contributed by atoms with Crippen molar-refractivity contribution < 1.29 is 0 Å². The summed E-state index contributed by atoms with van der Waals surface area (Å²) < 4.78 is 0. The predicted octanol–water partition coefficient (Wildman–Crippen LogP) is 11.5. The second-order valence-corrected chi connectivity index (χ2v) is 11.3. The molecule has 0 saturated heterocycles. The van der Waals surface area contributed by atoms with E-state index in [1.165, 1.54) is 82.4 Å². The van der Waals surface area contributed by atoms with Crippen LogP contribution < -0.4 is 0 Å². The van der Waals surface area contributed by atoms with Gasteiger partial charge in [-0.25, -0.2) is 0 Å². The SMILES string of the molecule is Cc1cccc(-c2c3ccccc3c(-c3ccc4cc(-c5ccc(-c6ccncc6)cc5)ccc4c3)c3ccccc23)c1. The normalized spacial score (nSPS) is 11.4. The number of aromatic nitrogens is 1. The van der Waals surface area contributed by atoms with Gasteiger partial charge in [0.2, 0.25) is 0 Å². The quantitative estimate of drug-likeness (QED) is 0.200. The molecular formula is C42H29N. The third-order valence-electron chi connectivity index (χ3n) is 8.60. The first-order valence-electron chi connectivity index (χ1n) is 14.8. The number of hydrogen-bond donors (Lipinski definition) is 0. The Hall–Kier alpha value is -5.53. The molecule has 0 bridgehead atoms. The van der Waals surface area contributed by atoms with E-state index in [0.717, 1.165) is 0 Å². The maximum Gasteiger partial charge on any atom is 0.0273 e. The Kier molecular flexibility index (Phi) is 6.09. The minimum atomic E-state index is 1.18. The van der Waals surface area contributed by atoms with Crippen LogP contribution in [0.2, 0.25) is 0 Å². The van der Waals surface area contributed by atoms with E-state index in [4.69, 9.17) is 0 Å². The Labute approximate surface area is 251 Å². The Bertz CT molecular complexity index is 2220. The largest absolute Gasteiger partial charge is 0.265 e. The van der Waals surface area contributed by atoms with Gasteiger partial charge in [0, 0.05) is 12.4 Å². The lowest BCUT2D eigenvalue weighted by molar-refractivity contribution is 1.33. The second-order valence-electron chi connectivity index (χ2n) is 11.3. The summed E-state index contributed by atoms with van der Waals surface area (Å²) in [5.41, 5.74) is 11.2. The highest BCUT2D eigenvalue weighted by Crippen LogP contribution is 2.44. The Balaban J connectivity index is 1.25. The molecule has 1 aromatic heterocycles. The van der Waals surface area contributed by atoms with Crippen molar-refractivity contribution in [2.45, 2.75) is 6.92 Å². The van der Waals surface area contributed by atoms with Crippen LogP contribution in [-0.4, -0.2) is 4.98 Å². The standard InChI is InChI=1S/C42H29N/c1-28-7-6-8-35(25-28)41-37-9-2-4-11-39(37)42(40-12-5-3-10-38(40)41)36-20-19-33-26-32(17-18-34(33)27-36)30-15-13-29(14-16-30)31-21-23-43-24-22-31/h2-27H,1H3. The van der Waals surface area contributed by atoms with E-state index < -0.39 is 0 Å². The van der Waals surface area contributed by atoms with Gasteiger partial charge < -0.3 is 0 Å². The molecule has 1 heterocycles. The topological polar surface area (TPSA) is 12.9 Å². The monoisotopic (exact) mass is 547 g/mol. The predicted molar refractivity (Wildman–Crippen MR) is 183 cm³/mol. The Morgan fingerprint density at radius 2 is 0.791 bits per heavy atom. The van der Waals surface area contributed by atoms with Gasteiger partial charge in [-0.3, -0.25) is 4.98 Å². The van der Waals surface area contributed by atoms with E-state index in [1.54, 1.807) is 0 Å². The van der Waals surface area contributed by atoms with Gasteiger partial charge in [-0.15, -0.1) is 0 Å². The van der Waals surface area contributed by atoms with E-state index in [2.05, 4.69) is 145 Å². The summed E-state index contributed by atoms with van der Waals surface area (Å²) in [7, 11) is 0. The average molecular weight is 548 g/mol. The van der Waals surface area contributed by atoms with Crippen molar-refractivity contribution in [3.8, 4) is 44.5 Å². The summed E-state index contributed by atoms with van der Waals surface area (Å²) in [6, 6.07) is 53.2. The van der Waals surface area contributed by atoms with Crippen LogP contribution in [0, 0.1) is 6.92 Å². The number of fused-ring (bicyclic) bond motifs is 3. The van der Waals surface area contributed by atoms with Crippen molar-refractivity contribution in [2.75, 3.05) is 0 Å². The van der Waals surface area contributed by atoms with E-state index in [9.17, 15) is 0 Å². The molecule has 0 amide bonds. The Morgan fingerprint density at radius 1 is 0.349 bits per heavy atom. The summed E-state index contributed by atoms with van der Waals surface area (Å²) in [5.74, 6) is 0. The lowest BCUT2D eigenvalue weighted by Gasteiger charge is -2.18. The molecule has 0 fully saturated rings. The van der Waals surface area contributed by atoms with Crippen LogP contribution in [-0.2, 0) is 0 Å². The molecule has 1 nitrogen and oxygen atoms in total. The molecule has 0 unspecified atom stereocenters. The number of pyridine rings is 1. The number of benzene rings is 7. The van der Waals surface area contributed by atoms with Crippen molar-refractivity contribution >= 4 is 32.3 Å².